The molecule has 2 aromatic rings. The van der Waals surface area contributed by atoms with E-state index in [1.807, 2.05) is 6.07 Å². The Bertz CT molecular complexity index is 543. The summed E-state index contributed by atoms with van der Waals surface area (Å²) in [4.78, 5) is 10.3. The van der Waals surface area contributed by atoms with Crippen molar-refractivity contribution in [3.8, 4) is 11.5 Å². The van der Waals surface area contributed by atoms with Crippen LogP contribution in [0.2, 0.25) is 0 Å². The Morgan fingerprint density at radius 1 is 1.12 bits per heavy atom. The van der Waals surface area contributed by atoms with Crippen LogP contribution in [0.1, 0.15) is 0 Å². The molecule has 0 aliphatic heterocycles. The van der Waals surface area contributed by atoms with Gasteiger partial charge in [-0.15, -0.1) is 0 Å². The monoisotopic (exact) mass is 225 g/mol. The van der Waals surface area contributed by atoms with Gasteiger partial charge in [-0.05, 0) is 18.2 Å². The van der Waals surface area contributed by atoms with Crippen molar-refractivity contribution in [1.82, 2.24) is 0 Å². The molecule has 0 bridgehead atoms. The summed E-state index contributed by atoms with van der Waals surface area (Å²) in [5, 5.41) is 10.8. The van der Waals surface area contributed by atoms with Crippen LogP contribution in [0.3, 0.4) is 0 Å². The molecule has 0 aromatic heterocycles. The van der Waals surface area contributed by atoms with Crippen LogP contribution in [0, 0.1) is 10.1 Å². The summed E-state index contributed by atoms with van der Waals surface area (Å²) >= 11 is 0. The van der Waals surface area contributed by atoms with Crippen molar-refractivity contribution in [3.05, 3.63) is 58.6 Å². The highest BCUT2D eigenvalue weighted by Gasteiger charge is 2.15. The van der Waals surface area contributed by atoms with Crippen molar-refractivity contribution in [2.45, 2.75) is 0 Å². The summed E-state index contributed by atoms with van der Waals surface area (Å²) in [7, 11) is 5.58. The van der Waals surface area contributed by atoms with Crippen molar-refractivity contribution in [1.29, 1.82) is 0 Å². The Hall–Kier alpha value is -2.30. The lowest BCUT2D eigenvalue weighted by atomic mass is 9.96. The maximum Gasteiger partial charge on any atom is 0.311 e. The molecule has 4 nitrogen and oxygen atoms in total. The van der Waals surface area contributed by atoms with E-state index in [4.69, 9.17) is 12.6 Å². The molecule has 0 spiro atoms. The SMILES string of the molecule is [B]c1ccc([N+](=O)[O-])c(Oc2ccccc2)c1. The zero-order chi connectivity index (χ0) is 12.3. The fourth-order valence-electron chi connectivity index (χ4n) is 1.38. The number of rotatable bonds is 3. The van der Waals surface area contributed by atoms with Crippen molar-refractivity contribution in [2.24, 2.45) is 0 Å². The van der Waals surface area contributed by atoms with Gasteiger partial charge in [0.2, 0.25) is 5.75 Å². The van der Waals surface area contributed by atoms with Gasteiger partial charge < -0.3 is 4.74 Å². The molecule has 0 saturated heterocycles. The second kappa shape index (κ2) is 4.70. The largest absolute Gasteiger partial charge is 0.450 e. The number of benzene rings is 2. The van der Waals surface area contributed by atoms with Gasteiger partial charge in [0.25, 0.3) is 0 Å². The van der Waals surface area contributed by atoms with E-state index in [0.29, 0.717) is 11.2 Å². The normalized spacial score (nSPS) is 9.88. The maximum atomic E-state index is 10.8. The van der Waals surface area contributed by atoms with Gasteiger partial charge in [-0.2, -0.15) is 0 Å². The van der Waals surface area contributed by atoms with Crippen LogP contribution in [0.4, 0.5) is 5.69 Å². The quantitative estimate of drug-likeness (QED) is 0.457. The van der Waals surface area contributed by atoms with E-state index in [1.165, 1.54) is 18.2 Å². The Morgan fingerprint density at radius 3 is 2.47 bits per heavy atom. The van der Waals surface area contributed by atoms with Gasteiger partial charge in [-0.25, -0.2) is 0 Å². The fraction of sp³-hybridized carbons (Fsp3) is 0. The lowest BCUT2D eigenvalue weighted by Crippen LogP contribution is -2.03. The van der Waals surface area contributed by atoms with E-state index >= 15 is 0 Å². The Labute approximate surface area is 99.4 Å². The molecule has 0 aliphatic carbocycles. The van der Waals surface area contributed by atoms with Crippen LogP contribution in [0.25, 0.3) is 0 Å². The van der Waals surface area contributed by atoms with Crippen LogP contribution in [0.15, 0.2) is 48.5 Å². The van der Waals surface area contributed by atoms with E-state index in [2.05, 4.69) is 0 Å². The highest BCUT2D eigenvalue weighted by molar-refractivity contribution is 6.32. The molecule has 0 fully saturated rings. The van der Waals surface area contributed by atoms with Gasteiger partial charge in [0.1, 0.15) is 13.6 Å². The second-order valence-corrected chi connectivity index (χ2v) is 3.40. The van der Waals surface area contributed by atoms with Gasteiger partial charge in [-0.3, -0.25) is 10.1 Å². The second-order valence-electron chi connectivity index (χ2n) is 3.40. The minimum Gasteiger partial charge on any atom is -0.450 e. The molecule has 0 atom stereocenters. The minimum atomic E-state index is -0.502. The van der Waals surface area contributed by atoms with E-state index in [1.54, 1.807) is 24.3 Å². The first-order valence-corrected chi connectivity index (χ1v) is 4.93. The number of nitro groups is 1. The predicted molar refractivity (Wildman–Crippen MR) is 65.0 cm³/mol. The molecule has 17 heavy (non-hydrogen) atoms. The molecule has 0 aliphatic rings. The first kappa shape index (κ1) is 11.2. The van der Waals surface area contributed by atoms with Crippen LogP contribution in [0.5, 0.6) is 11.5 Å². The van der Waals surface area contributed by atoms with Crippen molar-refractivity contribution < 1.29 is 9.66 Å². The van der Waals surface area contributed by atoms with Gasteiger partial charge in [0.15, 0.2) is 0 Å². The summed E-state index contributed by atoms with van der Waals surface area (Å²) in [6.07, 6.45) is 0. The standard InChI is InChI=1S/C12H8BNO3/c13-9-6-7-11(14(15)16)12(8-9)17-10-4-2-1-3-5-10/h1-8H. The minimum absolute atomic E-state index is 0.108. The topological polar surface area (TPSA) is 52.4 Å². The lowest BCUT2D eigenvalue weighted by Gasteiger charge is -2.06. The molecule has 2 rings (SSSR count). The number of nitrogens with zero attached hydrogens (tertiary/aromatic N) is 1. The van der Waals surface area contributed by atoms with Gasteiger partial charge in [0.05, 0.1) is 4.92 Å². The molecular weight excluding hydrogens is 217 g/mol. The molecule has 2 aromatic carbocycles. The Kier molecular flexibility index (Phi) is 3.09. The number of hydrogen-bond acceptors (Lipinski definition) is 3. The summed E-state index contributed by atoms with van der Waals surface area (Å²) < 4.78 is 5.43. The third-order valence-electron chi connectivity index (χ3n) is 2.15. The van der Waals surface area contributed by atoms with Gasteiger partial charge >= 0.3 is 5.69 Å². The predicted octanol–water partition coefficient (Wildman–Crippen LogP) is 2.18. The average molecular weight is 225 g/mol. The Balaban J connectivity index is 2.37. The molecule has 0 saturated carbocycles. The number of para-hydroxylation sites is 1. The molecule has 82 valence electrons. The molecule has 0 heterocycles. The molecule has 0 N–H and O–H groups in total. The van der Waals surface area contributed by atoms with Crippen LogP contribution < -0.4 is 10.2 Å². The summed E-state index contributed by atoms with van der Waals surface area (Å²) in [6, 6.07) is 13.1. The number of ether oxygens (including phenoxy) is 1. The van der Waals surface area contributed by atoms with E-state index in [-0.39, 0.29) is 11.4 Å². The molecular formula is C12H8BNO3. The highest BCUT2D eigenvalue weighted by Crippen LogP contribution is 2.29. The van der Waals surface area contributed by atoms with Crippen LogP contribution >= 0.6 is 0 Å². The molecule has 2 radical (unpaired) electrons. The summed E-state index contributed by atoms with van der Waals surface area (Å²) in [5.41, 5.74) is 0.310. The first-order valence-electron chi connectivity index (χ1n) is 4.93. The third-order valence-corrected chi connectivity index (χ3v) is 2.15. The Morgan fingerprint density at radius 2 is 1.82 bits per heavy atom. The average Bonchev–Trinajstić information content (AvgIpc) is 2.30. The summed E-state index contributed by atoms with van der Waals surface area (Å²) in [5.74, 6) is 0.669. The number of hydrogen-bond donors (Lipinski definition) is 0. The molecule has 0 unspecified atom stereocenters. The third kappa shape index (κ3) is 2.63. The molecule has 5 heteroatoms. The van der Waals surface area contributed by atoms with Gasteiger partial charge in [-0.1, -0.05) is 29.7 Å². The van der Waals surface area contributed by atoms with Crippen LogP contribution in [-0.4, -0.2) is 12.8 Å². The lowest BCUT2D eigenvalue weighted by molar-refractivity contribution is -0.385. The maximum absolute atomic E-state index is 10.8. The van der Waals surface area contributed by atoms with Crippen molar-refractivity contribution in [2.75, 3.05) is 0 Å². The molecule has 0 amide bonds. The van der Waals surface area contributed by atoms with E-state index in [0.717, 1.165) is 0 Å². The van der Waals surface area contributed by atoms with E-state index in [9.17, 15) is 10.1 Å². The first-order chi connectivity index (χ1) is 8.16. The zero-order valence-electron chi connectivity index (χ0n) is 8.87. The van der Waals surface area contributed by atoms with Gasteiger partial charge in [0, 0.05) is 6.07 Å². The van der Waals surface area contributed by atoms with Crippen molar-refractivity contribution in [3.63, 3.8) is 0 Å². The highest BCUT2D eigenvalue weighted by atomic mass is 16.6. The summed E-state index contributed by atoms with van der Waals surface area (Å²) in [6.45, 7) is 0. The smallest absolute Gasteiger partial charge is 0.311 e. The van der Waals surface area contributed by atoms with E-state index < -0.39 is 4.92 Å². The van der Waals surface area contributed by atoms with Crippen molar-refractivity contribution >= 4 is 19.0 Å². The fourth-order valence-corrected chi connectivity index (χ4v) is 1.38. The van der Waals surface area contributed by atoms with Crippen LogP contribution in [-0.2, 0) is 0 Å². The number of nitro benzene ring substituents is 1. The zero-order valence-corrected chi connectivity index (χ0v) is 8.87.